The van der Waals surface area contributed by atoms with Gasteiger partial charge in [0.2, 0.25) is 11.8 Å². The van der Waals surface area contributed by atoms with E-state index in [0.29, 0.717) is 38.0 Å². The summed E-state index contributed by atoms with van der Waals surface area (Å²) >= 11 is 9.53. The second-order valence-electron chi connectivity index (χ2n) is 12.2. The summed E-state index contributed by atoms with van der Waals surface area (Å²) in [7, 11) is -2.32. The van der Waals surface area contributed by atoms with Crippen LogP contribution < -0.4 is 21.7 Å². The summed E-state index contributed by atoms with van der Waals surface area (Å²) in [5.41, 5.74) is 0. The zero-order chi connectivity index (χ0) is 29.8. The van der Waals surface area contributed by atoms with Gasteiger partial charge in [0.1, 0.15) is 11.0 Å². The summed E-state index contributed by atoms with van der Waals surface area (Å²) in [6.07, 6.45) is 5.37. The van der Waals surface area contributed by atoms with Crippen LogP contribution in [-0.2, 0) is 22.0 Å². The number of rotatable bonds is 7. The summed E-state index contributed by atoms with van der Waals surface area (Å²) < 4.78 is 81.8. The molecule has 2 saturated carbocycles. The van der Waals surface area contributed by atoms with Crippen LogP contribution in [0, 0.1) is 19.3 Å². The Morgan fingerprint density at radius 2 is 1.24 bits per heavy atom. The molecule has 0 aliphatic heterocycles. The third-order valence-corrected chi connectivity index (χ3v) is 9.47. The second kappa shape index (κ2) is 22.9. The molecule has 0 saturated heterocycles. The van der Waals surface area contributed by atoms with Crippen molar-refractivity contribution >= 4 is 74.4 Å². The zero-order valence-electron chi connectivity index (χ0n) is 26.0. The minimum absolute atomic E-state index is 0. The molecule has 4 nitrogen and oxygen atoms in total. The summed E-state index contributed by atoms with van der Waals surface area (Å²) in [6, 6.07) is 0.113. The molecule has 0 heterocycles. The zero-order valence-corrected chi connectivity index (χ0v) is 32.2. The van der Waals surface area contributed by atoms with Gasteiger partial charge in [0.15, 0.2) is 0 Å². The van der Waals surface area contributed by atoms with Gasteiger partial charge in [-0.15, -0.1) is 23.2 Å². The van der Waals surface area contributed by atoms with Crippen molar-refractivity contribution < 1.29 is 43.0 Å². The summed E-state index contributed by atoms with van der Waals surface area (Å²) in [4.78, 5) is 0. The molecule has 2 aliphatic rings. The molecule has 244 valence electrons. The Morgan fingerprint density at radius 3 is 1.59 bits per heavy atom. The van der Waals surface area contributed by atoms with Gasteiger partial charge in [-0.3, -0.25) is 0 Å². The molecule has 0 radical (unpaired) electrons. The van der Waals surface area contributed by atoms with Crippen molar-refractivity contribution in [1.29, 1.82) is 0 Å². The molecule has 1 N–H and O–H groups in total. The third-order valence-electron chi connectivity index (χ3n) is 6.36. The molecular weight excluding hydrogens is 700 g/mol. The summed E-state index contributed by atoms with van der Waals surface area (Å²) in [6.45, 7) is 13.3. The van der Waals surface area contributed by atoms with E-state index in [4.69, 9.17) is 23.2 Å². The normalized spacial score (nSPS) is 21.3. The fourth-order valence-electron chi connectivity index (χ4n) is 4.00. The molecule has 2 fully saturated rings. The van der Waals surface area contributed by atoms with E-state index in [1.165, 1.54) is 0 Å². The van der Waals surface area contributed by atoms with Crippen molar-refractivity contribution in [1.82, 2.24) is 4.72 Å². The van der Waals surface area contributed by atoms with Crippen LogP contribution in [0.3, 0.4) is 0 Å². The van der Waals surface area contributed by atoms with Crippen molar-refractivity contribution in [2.24, 2.45) is 16.2 Å². The van der Waals surface area contributed by atoms with E-state index in [2.05, 4.69) is 9.12 Å². The molecule has 0 aromatic rings. The average molecular weight is 751 g/mol. The van der Waals surface area contributed by atoms with Crippen LogP contribution >= 0.6 is 23.2 Å². The van der Waals surface area contributed by atoms with Crippen LogP contribution in [0.2, 0.25) is 0 Å². The largest absolute Gasteiger partial charge is 2.00 e. The molecule has 14 heteroatoms. The molecule has 2 aliphatic carbocycles. The molecule has 41 heavy (non-hydrogen) atoms. The quantitative estimate of drug-likeness (QED) is 0.116. The van der Waals surface area contributed by atoms with Crippen LogP contribution in [0.4, 0.5) is 17.6 Å². The van der Waals surface area contributed by atoms with E-state index in [1.54, 1.807) is 6.21 Å². The summed E-state index contributed by atoms with van der Waals surface area (Å²) in [5, 5.41) is 0.194. The molecule has 3 atom stereocenters. The van der Waals surface area contributed by atoms with Gasteiger partial charge in [0.05, 0.1) is 25.8 Å². The smallest absolute Gasteiger partial charge is 1.00 e. The maximum atomic E-state index is 13.0. The van der Waals surface area contributed by atoms with Gasteiger partial charge in [-0.2, -0.15) is 4.40 Å². The Kier molecular flexibility index (Phi) is 27.6. The maximum Gasteiger partial charge on any atom is 2.00 e. The first-order valence-corrected chi connectivity index (χ1v) is 16.5. The van der Waals surface area contributed by atoms with E-state index in [1.807, 2.05) is 48.5 Å². The first-order valence-electron chi connectivity index (χ1n) is 13.2. The number of halogens is 7. The fourth-order valence-corrected chi connectivity index (χ4v) is 5.35. The molecule has 0 amide bonds. The van der Waals surface area contributed by atoms with Crippen molar-refractivity contribution in [3.05, 3.63) is 7.43 Å². The number of hydrogen-bond acceptors (Lipinski definition) is 2. The van der Waals surface area contributed by atoms with Gasteiger partial charge in [-0.05, 0) is 98.8 Å². The van der Waals surface area contributed by atoms with Gasteiger partial charge in [0.25, 0.3) is 0 Å². The predicted octanol–water partition coefficient (Wildman–Crippen LogP) is 5.87. The van der Waals surface area contributed by atoms with Crippen LogP contribution in [0.25, 0.3) is 0 Å². The number of hydrogen-bond donors (Lipinski definition) is 1. The van der Waals surface area contributed by atoms with Crippen LogP contribution in [0.15, 0.2) is 4.40 Å². The molecule has 0 aromatic heterocycles. The Morgan fingerprint density at radius 1 is 0.878 bits per heavy atom. The van der Waals surface area contributed by atoms with E-state index in [-0.39, 0.29) is 99.9 Å². The van der Waals surface area contributed by atoms with Gasteiger partial charge >= 0.3 is 23.1 Å². The molecule has 0 spiro atoms. The number of nitrogens with one attached hydrogen (secondary N) is 1. The van der Waals surface area contributed by atoms with E-state index >= 15 is 0 Å². The Labute approximate surface area is 289 Å². The van der Waals surface area contributed by atoms with Gasteiger partial charge in [0, 0.05) is 37.9 Å². The average Bonchev–Trinajstić information content (AvgIpc) is 2.76. The van der Waals surface area contributed by atoms with E-state index < -0.39 is 33.8 Å². The Hall–Kier alpha value is 1.48. The van der Waals surface area contributed by atoms with Crippen LogP contribution in [-0.4, -0.2) is 70.4 Å². The minimum atomic E-state index is -2.47. The predicted molar refractivity (Wildman–Crippen MR) is 169 cm³/mol. The molecule has 0 bridgehead atoms. The number of alkyl halides is 6. The summed E-state index contributed by atoms with van der Waals surface area (Å²) in [5.74, 6) is -4.32. The Bertz CT molecular complexity index is 755. The van der Waals surface area contributed by atoms with Crippen LogP contribution in [0.5, 0.6) is 0 Å². The molecule has 2 rings (SSSR count). The van der Waals surface area contributed by atoms with Crippen molar-refractivity contribution in [2.75, 3.05) is 5.34 Å². The second-order valence-corrected chi connectivity index (χ2v) is 17.0. The SMILES string of the molecule is CC(C)(C)[S@@](=O)N=CCC1CCC(F)(F)CC1.C[C@@H](CC1CCC(F)(F)CC1)N[S@](=O)C(C)(C)C.ClCCl.[Br-].[CH3-].[Mg+2]. The van der Waals surface area contributed by atoms with E-state index in [9.17, 15) is 26.0 Å². The van der Waals surface area contributed by atoms with E-state index in [0.717, 1.165) is 6.42 Å². The third kappa shape index (κ3) is 24.4. The van der Waals surface area contributed by atoms with Crippen molar-refractivity contribution in [3.8, 4) is 0 Å². The topological polar surface area (TPSA) is 58.5 Å². The standard InChI is InChI=1S/C13H25F2NOS.C12H21F2NOS.CH2Cl2.CH3.BrH.Mg/c1-10(16-18(17)12(2,3)4)9-11-5-7-13(14,15)8-6-11;1-11(2,3)17(16)15-9-6-10-4-7-12(13,14)8-5-10;2-1-3;;;/h10-11,16H,5-9H2,1-4H3;9-10H,4-8H2,1-3H3;1H2;1H3;1H;/q;;;-1;;+2/p-1/t10-,18+;17-;;;;/m01..../s1. The van der Waals surface area contributed by atoms with Gasteiger partial charge in [-0.1, -0.05) is 0 Å². The molecular formula is C27H51BrCl2F4MgN2O2S2. The van der Waals surface area contributed by atoms with Crippen LogP contribution in [0.1, 0.15) is 113 Å². The van der Waals surface area contributed by atoms with Gasteiger partial charge in [-0.25, -0.2) is 30.7 Å². The van der Waals surface area contributed by atoms with Crippen molar-refractivity contribution in [3.63, 3.8) is 0 Å². The fraction of sp³-hybridized carbons (Fsp3) is 0.926. The maximum absolute atomic E-state index is 13.0. The molecule has 0 aromatic carbocycles. The first-order chi connectivity index (χ1) is 17.2. The van der Waals surface area contributed by atoms with Gasteiger partial charge < -0.3 is 24.4 Å². The number of nitrogens with zero attached hydrogens (tertiary/aromatic N) is 1. The van der Waals surface area contributed by atoms with Crippen molar-refractivity contribution in [2.45, 2.75) is 140 Å². The Balaban J connectivity index is -0.000000286. The minimum Gasteiger partial charge on any atom is -1.00 e. The molecule has 0 unspecified atom stereocenters. The first kappa shape index (κ1) is 49.4. The monoisotopic (exact) mass is 748 g/mol.